The number of likely N-dealkylation sites (N-methyl/N-ethyl adjacent to an activating group) is 1. The molecule has 1 unspecified atom stereocenters. The van der Waals surface area contributed by atoms with Gasteiger partial charge in [0.25, 0.3) is 0 Å². The highest BCUT2D eigenvalue weighted by Gasteiger charge is 2.22. The standard InChI is InChI=1S/C20H40N4O.HI/c1-3-24-15-10-11-18(24)17-23-20(21-2)22-14-8-9-16-25-19-12-6-4-5-7-13-19;/h18-19H,3-17H2,1-2H3,(H2,21,22,23);1H. The molecule has 0 spiro atoms. The fraction of sp³-hybridized carbons (Fsp3) is 0.950. The van der Waals surface area contributed by atoms with E-state index in [9.17, 15) is 0 Å². The molecule has 0 radical (unpaired) electrons. The lowest BCUT2D eigenvalue weighted by atomic mass is 10.1. The molecule has 1 aliphatic carbocycles. The Morgan fingerprint density at radius 2 is 1.81 bits per heavy atom. The third kappa shape index (κ3) is 9.22. The van der Waals surface area contributed by atoms with E-state index in [-0.39, 0.29) is 24.0 Å². The van der Waals surface area contributed by atoms with Crippen LogP contribution in [0.5, 0.6) is 0 Å². The smallest absolute Gasteiger partial charge is 0.191 e. The van der Waals surface area contributed by atoms with E-state index in [0.29, 0.717) is 12.1 Å². The number of hydrogen-bond donors (Lipinski definition) is 2. The summed E-state index contributed by atoms with van der Waals surface area (Å²) in [6, 6.07) is 0.663. The molecule has 2 N–H and O–H groups in total. The summed E-state index contributed by atoms with van der Waals surface area (Å²) in [7, 11) is 1.86. The van der Waals surface area contributed by atoms with Gasteiger partial charge in [-0.1, -0.05) is 32.6 Å². The van der Waals surface area contributed by atoms with Gasteiger partial charge < -0.3 is 15.4 Å². The van der Waals surface area contributed by atoms with Crippen LogP contribution in [0.2, 0.25) is 0 Å². The summed E-state index contributed by atoms with van der Waals surface area (Å²) in [5, 5.41) is 6.93. The first-order valence-electron chi connectivity index (χ1n) is 10.6. The normalized spacial score (nSPS) is 22.7. The van der Waals surface area contributed by atoms with Crippen LogP contribution in [0.1, 0.15) is 71.1 Å². The molecule has 2 fully saturated rings. The summed E-state index contributed by atoms with van der Waals surface area (Å²) in [6.45, 7) is 7.53. The molecule has 1 saturated heterocycles. The zero-order valence-electron chi connectivity index (χ0n) is 17.0. The number of nitrogens with zero attached hydrogens (tertiary/aromatic N) is 2. The van der Waals surface area contributed by atoms with Crippen molar-refractivity contribution in [3.63, 3.8) is 0 Å². The van der Waals surface area contributed by atoms with Gasteiger partial charge in [0.2, 0.25) is 0 Å². The molecule has 0 aromatic carbocycles. The first-order valence-corrected chi connectivity index (χ1v) is 10.6. The molecule has 6 heteroatoms. The third-order valence-electron chi connectivity index (χ3n) is 5.65. The van der Waals surface area contributed by atoms with Crippen molar-refractivity contribution in [3.8, 4) is 0 Å². The average Bonchev–Trinajstić information content (AvgIpc) is 2.94. The minimum absolute atomic E-state index is 0. The van der Waals surface area contributed by atoms with Crippen molar-refractivity contribution in [2.24, 2.45) is 4.99 Å². The zero-order valence-corrected chi connectivity index (χ0v) is 19.3. The lowest BCUT2D eigenvalue weighted by molar-refractivity contribution is 0.0411. The molecule has 0 aromatic rings. The maximum Gasteiger partial charge on any atom is 0.191 e. The number of likely N-dealkylation sites (tertiary alicyclic amines) is 1. The molecular formula is C20H41IN4O. The summed E-state index contributed by atoms with van der Waals surface area (Å²) >= 11 is 0. The lowest BCUT2D eigenvalue weighted by Crippen LogP contribution is -2.45. The van der Waals surface area contributed by atoms with E-state index in [4.69, 9.17) is 4.74 Å². The Kier molecular flexibility index (Phi) is 13.7. The van der Waals surface area contributed by atoms with Gasteiger partial charge >= 0.3 is 0 Å². The van der Waals surface area contributed by atoms with Crippen molar-refractivity contribution >= 4 is 29.9 Å². The number of unbranched alkanes of at least 4 members (excludes halogenated alkanes) is 1. The van der Waals surface area contributed by atoms with E-state index < -0.39 is 0 Å². The molecule has 0 aromatic heterocycles. The maximum absolute atomic E-state index is 6.06. The number of aliphatic imine (C=N–C) groups is 1. The van der Waals surface area contributed by atoms with Gasteiger partial charge in [0.15, 0.2) is 5.96 Å². The van der Waals surface area contributed by atoms with Crippen LogP contribution in [0, 0.1) is 0 Å². The summed E-state index contributed by atoms with van der Waals surface area (Å²) in [5.41, 5.74) is 0. The molecule has 1 aliphatic heterocycles. The van der Waals surface area contributed by atoms with E-state index in [0.717, 1.165) is 45.0 Å². The number of halogens is 1. The van der Waals surface area contributed by atoms with Crippen LogP contribution in [0.25, 0.3) is 0 Å². The first-order chi connectivity index (χ1) is 12.3. The minimum Gasteiger partial charge on any atom is -0.378 e. The van der Waals surface area contributed by atoms with Crippen LogP contribution in [-0.4, -0.2) is 62.8 Å². The Hall–Kier alpha value is -0.0800. The van der Waals surface area contributed by atoms with E-state index >= 15 is 0 Å². The number of guanidine groups is 1. The van der Waals surface area contributed by atoms with E-state index in [1.54, 1.807) is 0 Å². The molecule has 2 aliphatic rings. The maximum atomic E-state index is 6.06. The number of nitrogens with one attached hydrogen (secondary N) is 2. The molecule has 1 heterocycles. The predicted octanol–water partition coefficient (Wildman–Crippen LogP) is 3.77. The predicted molar refractivity (Wildman–Crippen MR) is 122 cm³/mol. The van der Waals surface area contributed by atoms with Crippen LogP contribution in [0.4, 0.5) is 0 Å². The van der Waals surface area contributed by atoms with Gasteiger partial charge in [-0.2, -0.15) is 0 Å². The highest BCUT2D eigenvalue weighted by atomic mass is 127. The second-order valence-electron chi connectivity index (χ2n) is 7.50. The Morgan fingerprint density at radius 1 is 1.04 bits per heavy atom. The Morgan fingerprint density at radius 3 is 2.50 bits per heavy atom. The lowest BCUT2D eigenvalue weighted by Gasteiger charge is -2.24. The zero-order chi connectivity index (χ0) is 17.7. The number of ether oxygens (including phenoxy) is 1. The molecule has 1 atom stereocenters. The highest BCUT2D eigenvalue weighted by molar-refractivity contribution is 14.0. The second kappa shape index (κ2) is 14.9. The summed E-state index contributed by atoms with van der Waals surface area (Å²) in [4.78, 5) is 6.91. The van der Waals surface area contributed by atoms with Crippen molar-refractivity contribution in [3.05, 3.63) is 0 Å². The largest absolute Gasteiger partial charge is 0.378 e. The fourth-order valence-corrected chi connectivity index (χ4v) is 4.07. The van der Waals surface area contributed by atoms with Crippen LogP contribution in [0.3, 0.4) is 0 Å². The van der Waals surface area contributed by atoms with E-state index in [1.807, 2.05) is 7.05 Å². The van der Waals surface area contributed by atoms with Crippen molar-refractivity contribution in [1.29, 1.82) is 0 Å². The molecular weight excluding hydrogens is 439 g/mol. The summed E-state index contributed by atoms with van der Waals surface area (Å²) in [5.74, 6) is 0.938. The second-order valence-corrected chi connectivity index (χ2v) is 7.50. The topological polar surface area (TPSA) is 48.9 Å². The Labute approximate surface area is 178 Å². The summed E-state index contributed by atoms with van der Waals surface area (Å²) in [6.07, 6.45) is 13.5. The van der Waals surface area contributed by atoms with Crippen LogP contribution in [-0.2, 0) is 4.74 Å². The third-order valence-corrected chi connectivity index (χ3v) is 5.65. The molecule has 0 bridgehead atoms. The highest BCUT2D eigenvalue weighted by Crippen LogP contribution is 2.20. The van der Waals surface area contributed by atoms with Crippen molar-refractivity contribution in [1.82, 2.24) is 15.5 Å². The Balaban J connectivity index is 0.00000338. The quantitative estimate of drug-likeness (QED) is 0.174. The van der Waals surface area contributed by atoms with Gasteiger partial charge in [0, 0.05) is 32.8 Å². The van der Waals surface area contributed by atoms with Gasteiger partial charge in [-0.15, -0.1) is 24.0 Å². The van der Waals surface area contributed by atoms with Crippen molar-refractivity contribution in [2.75, 3.05) is 39.8 Å². The number of hydrogen-bond acceptors (Lipinski definition) is 3. The average molecular weight is 480 g/mol. The van der Waals surface area contributed by atoms with Crippen LogP contribution >= 0.6 is 24.0 Å². The molecule has 2 rings (SSSR count). The van der Waals surface area contributed by atoms with Crippen LogP contribution in [0.15, 0.2) is 4.99 Å². The van der Waals surface area contributed by atoms with Crippen LogP contribution < -0.4 is 10.6 Å². The minimum atomic E-state index is 0. The molecule has 1 saturated carbocycles. The Bertz CT molecular complexity index is 373. The summed E-state index contributed by atoms with van der Waals surface area (Å²) < 4.78 is 6.06. The number of rotatable bonds is 9. The van der Waals surface area contributed by atoms with E-state index in [2.05, 4.69) is 27.4 Å². The van der Waals surface area contributed by atoms with Gasteiger partial charge in [-0.3, -0.25) is 9.89 Å². The first kappa shape index (κ1) is 24.0. The van der Waals surface area contributed by atoms with Gasteiger partial charge in [-0.05, 0) is 51.6 Å². The fourth-order valence-electron chi connectivity index (χ4n) is 4.07. The molecule has 26 heavy (non-hydrogen) atoms. The van der Waals surface area contributed by atoms with Gasteiger partial charge in [0.05, 0.1) is 6.10 Å². The SMILES string of the molecule is CCN1CCCC1CNC(=NC)NCCCCOC1CCCCCC1.I. The van der Waals surface area contributed by atoms with Crippen molar-refractivity contribution in [2.45, 2.75) is 83.3 Å². The molecule has 0 amide bonds. The van der Waals surface area contributed by atoms with Gasteiger partial charge in [0.1, 0.15) is 0 Å². The van der Waals surface area contributed by atoms with E-state index in [1.165, 1.54) is 57.9 Å². The van der Waals surface area contributed by atoms with Gasteiger partial charge in [-0.25, -0.2) is 0 Å². The molecule has 154 valence electrons. The monoisotopic (exact) mass is 480 g/mol. The van der Waals surface area contributed by atoms with Crippen molar-refractivity contribution < 1.29 is 4.74 Å². The molecule has 5 nitrogen and oxygen atoms in total.